The van der Waals surface area contributed by atoms with E-state index in [1.54, 1.807) is 10.8 Å². The molecule has 1 unspecified atom stereocenters. The number of hydrogen-bond acceptors (Lipinski definition) is 6. The van der Waals surface area contributed by atoms with Gasteiger partial charge in [0.1, 0.15) is 12.1 Å². The van der Waals surface area contributed by atoms with Crippen LogP contribution >= 0.6 is 0 Å². The first kappa shape index (κ1) is 20.3. The summed E-state index contributed by atoms with van der Waals surface area (Å²) in [5, 5.41) is 11.4. The van der Waals surface area contributed by atoms with Crippen LogP contribution in [0.1, 0.15) is 61.1 Å². The van der Waals surface area contributed by atoms with E-state index in [0.717, 1.165) is 59.6 Å². The Labute approximate surface area is 175 Å². The minimum Gasteiger partial charge on any atom is -0.619 e. The lowest BCUT2D eigenvalue weighted by Gasteiger charge is -2.31. The van der Waals surface area contributed by atoms with Crippen LogP contribution in [0, 0.1) is 5.21 Å². The van der Waals surface area contributed by atoms with E-state index in [2.05, 4.69) is 23.7 Å². The first-order valence-corrected chi connectivity index (χ1v) is 10.5. The number of fused-ring (bicyclic) bond motifs is 1. The molecule has 1 aliphatic rings. The predicted octanol–water partition coefficient (Wildman–Crippen LogP) is 2.37. The summed E-state index contributed by atoms with van der Waals surface area (Å²) in [4.78, 5) is 24.9. The highest BCUT2D eigenvalue weighted by molar-refractivity contribution is 5.25. The largest absolute Gasteiger partial charge is 0.619 e. The molecule has 0 saturated carbocycles. The molecule has 1 atom stereocenters. The van der Waals surface area contributed by atoms with Gasteiger partial charge in [-0.05, 0) is 37.8 Å². The Morgan fingerprint density at radius 2 is 2.10 bits per heavy atom. The lowest BCUT2D eigenvalue weighted by molar-refractivity contribution is -0.605. The summed E-state index contributed by atoms with van der Waals surface area (Å²) in [6.07, 6.45) is 9.40. The summed E-state index contributed by atoms with van der Waals surface area (Å²) in [6.45, 7) is 6.03. The van der Waals surface area contributed by atoms with Gasteiger partial charge in [0.15, 0.2) is 18.8 Å². The van der Waals surface area contributed by atoms with Crippen LogP contribution in [0.15, 0.2) is 46.4 Å². The minimum absolute atomic E-state index is 0.0277. The van der Waals surface area contributed by atoms with Gasteiger partial charge >= 0.3 is 0 Å². The molecule has 0 aromatic carbocycles. The number of oxazole rings is 1. The summed E-state index contributed by atoms with van der Waals surface area (Å²) in [6, 6.07) is 3.64. The van der Waals surface area contributed by atoms with Crippen molar-refractivity contribution in [3.63, 3.8) is 0 Å². The summed E-state index contributed by atoms with van der Waals surface area (Å²) in [7, 11) is 0. The zero-order valence-electron chi connectivity index (χ0n) is 17.5. The summed E-state index contributed by atoms with van der Waals surface area (Å²) in [5.74, 6) is 0.780. The number of aryl methyl sites for hydroxylation is 1. The fourth-order valence-electron chi connectivity index (χ4n) is 4.26. The SMILES string of the molecule is CCC(c1nc2c(c(=O)n1Cc1cocn1)CCC2)N(CC)Cc1cc[n+]([O-])cc1. The van der Waals surface area contributed by atoms with E-state index in [1.807, 2.05) is 12.1 Å². The molecule has 8 nitrogen and oxygen atoms in total. The van der Waals surface area contributed by atoms with Crippen LogP contribution in [0.5, 0.6) is 0 Å². The van der Waals surface area contributed by atoms with Gasteiger partial charge < -0.3 is 9.62 Å². The third kappa shape index (κ3) is 4.00. The Balaban J connectivity index is 1.74. The smallest absolute Gasteiger partial charge is 0.257 e. The van der Waals surface area contributed by atoms with Crippen LogP contribution in [0.3, 0.4) is 0 Å². The first-order chi connectivity index (χ1) is 14.6. The van der Waals surface area contributed by atoms with E-state index in [0.29, 0.717) is 18.8 Å². The highest BCUT2D eigenvalue weighted by atomic mass is 16.5. The van der Waals surface area contributed by atoms with E-state index in [-0.39, 0.29) is 11.6 Å². The number of hydrogen-bond donors (Lipinski definition) is 0. The zero-order valence-corrected chi connectivity index (χ0v) is 17.5. The fourth-order valence-corrected chi connectivity index (χ4v) is 4.26. The molecular formula is C22H27N5O3. The average Bonchev–Trinajstić information content (AvgIpc) is 3.44. The van der Waals surface area contributed by atoms with Crippen molar-refractivity contribution in [2.24, 2.45) is 0 Å². The highest BCUT2D eigenvalue weighted by Gasteiger charge is 2.28. The molecule has 0 amide bonds. The van der Waals surface area contributed by atoms with E-state index in [1.165, 1.54) is 18.8 Å². The second kappa shape index (κ2) is 8.79. The summed E-state index contributed by atoms with van der Waals surface area (Å²) < 4.78 is 7.68. The van der Waals surface area contributed by atoms with Gasteiger partial charge in [-0.15, -0.1) is 0 Å². The second-order valence-corrected chi connectivity index (χ2v) is 7.67. The lowest BCUT2D eigenvalue weighted by atomic mass is 10.1. The molecule has 3 heterocycles. The Bertz CT molecular complexity index is 1040. The van der Waals surface area contributed by atoms with Crippen LogP contribution in [-0.2, 0) is 25.9 Å². The molecule has 0 fully saturated rings. The van der Waals surface area contributed by atoms with Gasteiger partial charge in [-0.1, -0.05) is 13.8 Å². The Kier molecular flexibility index (Phi) is 5.94. The van der Waals surface area contributed by atoms with Crippen LogP contribution in [0.25, 0.3) is 0 Å². The van der Waals surface area contributed by atoms with Crippen molar-refractivity contribution in [1.82, 2.24) is 19.4 Å². The van der Waals surface area contributed by atoms with Crippen LogP contribution in [-0.4, -0.2) is 26.0 Å². The quantitative estimate of drug-likeness (QED) is 0.419. The Morgan fingerprint density at radius 1 is 1.30 bits per heavy atom. The van der Waals surface area contributed by atoms with Crippen LogP contribution < -0.4 is 10.3 Å². The molecule has 0 N–H and O–H groups in total. The molecule has 4 rings (SSSR count). The van der Waals surface area contributed by atoms with Crippen molar-refractivity contribution in [3.8, 4) is 0 Å². The van der Waals surface area contributed by atoms with Gasteiger partial charge in [0.25, 0.3) is 5.56 Å². The van der Waals surface area contributed by atoms with Crippen molar-refractivity contribution in [1.29, 1.82) is 0 Å². The van der Waals surface area contributed by atoms with Gasteiger partial charge in [-0.3, -0.25) is 14.3 Å². The fraction of sp³-hybridized carbons (Fsp3) is 0.455. The Hall–Kier alpha value is -3.00. The van der Waals surface area contributed by atoms with Crippen molar-refractivity contribution in [2.75, 3.05) is 6.54 Å². The van der Waals surface area contributed by atoms with Gasteiger partial charge in [-0.25, -0.2) is 9.97 Å². The number of pyridine rings is 1. The third-order valence-corrected chi connectivity index (χ3v) is 5.81. The summed E-state index contributed by atoms with van der Waals surface area (Å²) >= 11 is 0. The molecule has 0 aliphatic heterocycles. The molecule has 8 heteroatoms. The zero-order chi connectivity index (χ0) is 21.1. The Morgan fingerprint density at radius 3 is 2.77 bits per heavy atom. The number of rotatable bonds is 8. The van der Waals surface area contributed by atoms with E-state index in [9.17, 15) is 10.0 Å². The number of aromatic nitrogens is 4. The highest BCUT2D eigenvalue weighted by Crippen LogP contribution is 2.27. The summed E-state index contributed by atoms with van der Waals surface area (Å²) in [5.41, 5.74) is 3.57. The third-order valence-electron chi connectivity index (χ3n) is 5.81. The van der Waals surface area contributed by atoms with Gasteiger partial charge in [-0.2, -0.15) is 4.73 Å². The van der Waals surface area contributed by atoms with Crippen molar-refractivity contribution in [2.45, 2.75) is 58.7 Å². The maximum absolute atomic E-state index is 13.3. The van der Waals surface area contributed by atoms with Crippen molar-refractivity contribution in [3.05, 3.63) is 81.1 Å². The molecule has 3 aromatic rings. The normalized spacial score (nSPS) is 14.2. The van der Waals surface area contributed by atoms with Crippen LogP contribution in [0.4, 0.5) is 0 Å². The molecular weight excluding hydrogens is 382 g/mol. The monoisotopic (exact) mass is 409 g/mol. The standard InChI is InChI=1S/C22H27N5O3/c1-3-20(25(4-2)12-16-8-10-26(29)11-9-16)21-24-19-7-5-6-18(19)22(28)27(21)13-17-14-30-15-23-17/h8-11,14-15,20H,3-7,12-13H2,1-2H3. The molecule has 30 heavy (non-hydrogen) atoms. The van der Waals surface area contributed by atoms with E-state index >= 15 is 0 Å². The van der Waals surface area contributed by atoms with Crippen molar-refractivity contribution < 1.29 is 9.15 Å². The molecule has 1 aliphatic carbocycles. The molecule has 0 radical (unpaired) electrons. The minimum atomic E-state index is -0.0277. The first-order valence-electron chi connectivity index (χ1n) is 10.5. The maximum atomic E-state index is 13.3. The molecule has 3 aromatic heterocycles. The van der Waals surface area contributed by atoms with Crippen LogP contribution in [0.2, 0.25) is 0 Å². The number of nitrogens with zero attached hydrogens (tertiary/aromatic N) is 5. The average molecular weight is 409 g/mol. The maximum Gasteiger partial charge on any atom is 0.257 e. The molecule has 0 bridgehead atoms. The molecule has 0 spiro atoms. The predicted molar refractivity (Wildman–Crippen MR) is 111 cm³/mol. The molecule has 0 saturated heterocycles. The van der Waals surface area contributed by atoms with E-state index in [4.69, 9.17) is 9.40 Å². The van der Waals surface area contributed by atoms with Gasteiger partial charge in [0.2, 0.25) is 0 Å². The van der Waals surface area contributed by atoms with E-state index < -0.39 is 0 Å². The van der Waals surface area contributed by atoms with Gasteiger partial charge in [0, 0.05) is 24.2 Å². The van der Waals surface area contributed by atoms with Gasteiger partial charge in [0.05, 0.1) is 24.0 Å². The topological polar surface area (TPSA) is 91.1 Å². The second-order valence-electron chi connectivity index (χ2n) is 7.67. The molecule has 158 valence electrons. The lowest BCUT2D eigenvalue weighted by Crippen LogP contribution is -2.36. The van der Waals surface area contributed by atoms with Crippen molar-refractivity contribution >= 4 is 0 Å².